The molecule has 4 aliphatic carbocycles. The molecule has 0 aromatic heterocycles. The van der Waals surface area contributed by atoms with Crippen LogP contribution in [0.25, 0.3) is 0 Å². The Bertz CT molecular complexity index is 370. The molecule has 0 aromatic rings. The number of fused-ring (bicyclic) bond motifs is 6. The maximum atomic E-state index is 1.74. The van der Waals surface area contributed by atoms with Crippen LogP contribution in [0.4, 0.5) is 0 Å². The molecule has 0 bridgehead atoms. The van der Waals surface area contributed by atoms with E-state index in [9.17, 15) is 0 Å². The minimum absolute atomic E-state index is 1.39. The molecule has 48 valence electrons. The van der Waals surface area contributed by atoms with E-state index in [1.54, 1.807) is 32.7 Å². The molecule has 4 rings (SSSR count). The summed E-state index contributed by atoms with van der Waals surface area (Å²) in [5.41, 5.74) is 6.98. The maximum Gasteiger partial charge on any atom is -0.0108 e. The Hall–Kier alpha value is -0.780. The predicted octanol–water partition coefficient (Wildman–Crippen LogP) is 1.48. The summed E-state index contributed by atoms with van der Waals surface area (Å²) in [6.07, 6.45) is 5.58. The van der Waals surface area contributed by atoms with E-state index >= 15 is 0 Å². The van der Waals surface area contributed by atoms with Crippen molar-refractivity contribution in [3.63, 3.8) is 0 Å². The highest BCUT2D eigenvalue weighted by Crippen LogP contribution is 2.44. The molecule has 0 radical (unpaired) electrons. The van der Waals surface area contributed by atoms with Gasteiger partial charge in [0.25, 0.3) is 0 Å². The molecule has 0 aromatic carbocycles. The van der Waals surface area contributed by atoms with Gasteiger partial charge in [0, 0.05) is 0 Å². The maximum absolute atomic E-state index is 1.74. The van der Waals surface area contributed by atoms with Crippen LogP contribution in [0.3, 0.4) is 0 Å². The Balaban J connectivity index is 2.33. The number of benzene rings is 1. The number of hydrogen-bond acceptors (Lipinski definition) is 0. The molecule has 0 nitrogen and oxygen atoms in total. The van der Waals surface area contributed by atoms with E-state index in [-0.39, 0.29) is 0 Å². The van der Waals surface area contributed by atoms with E-state index in [1.807, 2.05) is 0 Å². The largest absolute Gasteiger partial charge is 0.0357 e. The monoisotopic (exact) mass is 128 g/mol. The van der Waals surface area contributed by atoms with Gasteiger partial charge in [0.15, 0.2) is 0 Å². The normalized spacial score (nSPS) is 20.4. The van der Waals surface area contributed by atoms with Crippen molar-refractivity contribution in [3.8, 4) is 0 Å². The number of rotatable bonds is 0. The molecule has 0 amide bonds. The molecule has 0 N–H and O–H groups in total. The van der Waals surface area contributed by atoms with Gasteiger partial charge in [0.1, 0.15) is 0 Å². The van der Waals surface area contributed by atoms with Crippen molar-refractivity contribution in [2.45, 2.75) is 25.7 Å². The molecule has 0 heterocycles. The van der Waals surface area contributed by atoms with Gasteiger partial charge in [-0.05, 0) is 58.4 Å². The topological polar surface area (TPSA) is 0 Å². The standard InChI is InChI=1S/C10H8/c1-2-6-5(1)9-7-3-4-8(7)10(6)9/h1-4H2. The summed E-state index contributed by atoms with van der Waals surface area (Å²) in [4.78, 5) is 0. The summed E-state index contributed by atoms with van der Waals surface area (Å²) in [7, 11) is 0. The van der Waals surface area contributed by atoms with Crippen LogP contribution in [0.15, 0.2) is 0 Å². The van der Waals surface area contributed by atoms with Crippen molar-refractivity contribution in [1.82, 2.24) is 0 Å². The molecular formula is C10H8. The highest BCUT2D eigenvalue weighted by molar-refractivity contribution is 5.61. The first kappa shape index (κ1) is 4.17. The summed E-state index contributed by atoms with van der Waals surface area (Å²) >= 11 is 0. The van der Waals surface area contributed by atoms with E-state index in [4.69, 9.17) is 0 Å². The number of hydrogen-bond donors (Lipinski definition) is 0. The van der Waals surface area contributed by atoms with Gasteiger partial charge in [-0.3, -0.25) is 0 Å². The van der Waals surface area contributed by atoms with Crippen molar-refractivity contribution < 1.29 is 0 Å². The highest BCUT2D eigenvalue weighted by Gasteiger charge is 2.34. The highest BCUT2D eigenvalue weighted by atomic mass is 14.4. The fourth-order valence-electron chi connectivity index (χ4n) is 2.70. The van der Waals surface area contributed by atoms with Gasteiger partial charge in [-0.1, -0.05) is 0 Å². The lowest BCUT2D eigenvalue weighted by Crippen LogP contribution is -2.29. The Kier molecular flexibility index (Phi) is 0.397. The third-order valence-corrected chi connectivity index (χ3v) is 3.44. The fraction of sp³-hybridized carbons (Fsp3) is 0.400. The molecule has 4 aliphatic rings. The van der Waals surface area contributed by atoms with Crippen molar-refractivity contribution in [3.05, 3.63) is 32.7 Å². The molecular weight excluding hydrogens is 120 g/mol. The van der Waals surface area contributed by atoms with Crippen LogP contribution in [0.1, 0.15) is 22.3 Å². The second-order valence-electron chi connectivity index (χ2n) is 3.66. The quantitative estimate of drug-likeness (QED) is 0.504. The van der Waals surface area contributed by atoms with Crippen LogP contribution < -0.4 is 0 Å². The van der Waals surface area contributed by atoms with Gasteiger partial charge in [0.2, 0.25) is 0 Å². The molecule has 0 fully saturated rings. The molecule has 0 unspecified atom stereocenters. The molecule has 10 heavy (non-hydrogen) atoms. The average molecular weight is 128 g/mol. The summed E-state index contributed by atoms with van der Waals surface area (Å²) in [5, 5.41) is 3.45. The average Bonchev–Trinajstić information content (AvgIpc) is 1.82. The lowest BCUT2D eigenvalue weighted by atomic mass is 9.65. The lowest BCUT2D eigenvalue weighted by molar-refractivity contribution is 0.701. The summed E-state index contributed by atoms with van der Waals surface area (Å²) in [6.45, 7) is 0. The van der Waals surface area contributed by atoms with E-state index in [2.05, 4.69) is 0 Å². The van der Waals surface area contributed by atoms with Crippen molar-refractivity contribution in [1.29, 1.82) is 0 Å². The Labute approximate surface area is 59.2 Å². The molecule has 0 atom stereocenters. The van der Waals surface area contributed by atoms with Gasteiger partial charge < -0.3 is 0 Å². The Morgan fingerprint density at radius 2 is 0.800 bits per heavy atom. The van der Waals surface area contributed by atoms with Crippen LogP contribution in [0.5, 0.6) is 0 Å². The Morgan fingerprint density at radius 1 is 0.500 bits per heavy atom. The van der Waals surface area contributed by atoms with Crippen LogP contribution in [-0.2, 0) is 25.7 Å². The first-order chi connectivity index (χ1) is 4.97. The van der Waals surface area contributed by atoms with Gasteiger partial charge in [-0.2, -0.15) is 0 Å². The van der Waals surface area contributed by atoms with Crippen molar-refractivity contribution >= 4 is 0 Å². The van der Waals surface area contributed by atoms with E-state index < -0.39 is 0 Å². The summed E-state index contributed by atoms with van der Waals surface area (Å²) < 4.78 is 0. The zero-order chi connectivity index (χ0) is 6.29. The van der Waals surface area contributed by atoms with Crippen molar-refractivity contribution in [2.75, 3.05) is 0 Å². The minimum atomic E-state index is 1.39. The van der Waals surface area contributed by atoms with Gasteiger partial charge in [0.05, 0.1) is 0 Å². The smallest absolute Gasteiger partial charge is 0.0108 e. The molecule has 0 aliphatic heterocycles. The third kappa shape index (κ3) is 0.202. The SMILES string of the molecule is C1Cc2c1c1c3c(c2=1)CC3. The van der Waals surface area contributed by atoms with Crippen LogP contribution in [-0.4, -0.2) is 0 Å². The second kappa shape index (κ2) is 0.952. The van der Waals surface area contributed by atoms with E-state index in [0.29, 0.717) is 0 Å². The summed E-state index contributed by atoms with van der Waals surface area (Å²) in [6, 6.07) is 0. The predicted molar refractivity (Wildman–Crippen MR) is 38.9 cm³/mol. The van der Waals surface area contributed by atoms with E-state index in [0.717, 1.165) is 0 Å². The molecule has 0 spiro atoms. The van der Waals surface area contributed by atoms with Gasteiger partial charge >= 0.3 is 0 Å². The zero-order valence-corrected chi connectivity index (χ0v) is 5.83. The summed E-state index contributed by atoms with van der Waals surface area (Å²) in [5.74, 6) is 0. The molecule has 0 saturated carbocycles. The Morgan fingerprint density at radius 3 is 1.00 bits per heavy atom. The van der Waals surface area contributed by atoms with Crippen LogP contribution >= 0.6 is 0 Å². The van der Waals surface area contributed by atoms with Gasteiger partial charge in [-0.15, -0.1) is 0 Å². The fourth-order valence-corrected chi connectivity index (χ4v) is 2.70. The van der Waals surface area contributed by atoms with Gasteiger partial charge in [-0.25, -0.2) is 0 Å². The first-order valence-corrected chi connectivity index (χ1v) is 4.16. The lowest BCUT2D eigenvalue weighted by Gasteiger charge is -2.38. The molecule has 0 heteroatoms. The zero-order valence-electron chi connectivity index (χ0n) is 5.83. The second-order valence-corrected chi connectivity index (χ2v) is 3.66. The van der Waals surface area contributed by atoms with Crippen molar-refractivity contribution in [2.24, 2.45) is 0 Å². The van der Waals surface area contributed by atoms with Crippen LogP contribution in [0.2, 0.25) is 0 Å². The third-order valence-electron chi connectivity index (χ3n) is 3.44. The minimum Gasteiger partial charge on any atom is -0.0357 e. The van der Waals surface area contributed by atoms with Crippen LogP contribution in [0, 0.1) is 10.4 Å². The first-order valence-electron chi connectivity index (χ1n) is 4.16. The molecule has 0 saturated heterocycles. The van der Waals surface area contributed by atoms with E-state index in [1.165, 1.54) is 25.7 Å².